The number of carbonyl (C=O) groups is 2. The lowest BCUT2D eigenvalue weighted by atomic mass is 9.80. The number of rotatable bonds is 5. The van der Waals surface area contributed by atoms with Crippen LogP contribution in [0, 0.1) is 5.82 Å². The van der Waals surface area contributed by atoms with Crippen molar-refractivity contribution in [2.75, 3.05) is 18.1 Å². The van der Waals surface area contributed by atoms with Crippen molar-refractivity contribution >= 4 is 17.6 Å². The number of ether oxygens (including phenoxy) is 1. The smallest absolute Gasteiger partial charge is 0.345 e. The Kier molecular flexibility index (Phi) is 6.02. The number of nitrogens with zero attached hydrogens (tertiary/aromatic N) is 2. The van der Waals surface area contributed by atoms with Crippen LogP contribution in [0.4, 0.5) is 10.1 Å². The van der Waals surface area contributed by atoms with E-state index in [4.69, 9.17) is 10.5 Å². The molecule has 0 aromatic heterocycles. The lowest BCUT2D eigenvalue weighted by molar-refractivity contribution is -0.139. The van der Waals surface area contributed by atoms with Gasteiger partial charge in [0.25, 0.3) is 5.91 Å². The number of carbonyl (C=O) groups excluding carboxylic acids is 2. The van der Waals surface area contributed by atoms with E-state index in [1.54, 1.807) is 19.1 Å². The van der Waals surface area contributed by atoms with Crippen molar-refractivity contribution in [2.24, 2.45) is 5.73 Å². The highest BCUT2D eigenvalue weighted by molar-refractivity contribution is 6.26. The van der Waals surface area contributed by atoms with Crippen molar-refractivity contribution in [3.05, 3.63) is 77.2 Å². The number of likely N-dealkylation sites (tertiary alicyclic amines) is 1. The van der Waals surface area contributed by atoms with Gasteiger partial charge in [-0.25, -0.2) is 9.18 Å². The first-order valence-corrected chi connectivity index (χ1v) is 10.9. The molecule has 0 aliphatic carbocycles. The molecule has 1 amide bonds. The summed E-state index contributed by atoms with van der Waals surface area (Å²) in [6, 6.07) is 16.1. The summed E-state index contributed by atoms with van der Waals surface area (Å²) in [5.74, 6) is -1.72. The number of amides is 1. The van der Waals surface area contributed by atoms with Gasteiger partial charge in [0.15, 0.2) is 0 Å². The van der Waals surface area contributed by atoms with Crippen LogP contribution < -0.4 is 10.6 Å². The Morgan fingerprint density at radius 1 is 1.22 bits per heavy atom. The summed E-state index contributed by atoms with van der Waals surface area (Å²) in [4.78, 5) is 29.9. The third-order valence-corrected chi connectivity index (χ3v) is 6.46. The van der Waals surface area contributed by atoms with Crippen LogP contribution in [0.2, 0.25) is 0 Å². The highest BCUT2D eigenvalue weighted by Gasteiger charge is 2.55. The van der Waals surface area contributed by atoms with Crippen LogP contribution in [-0.2, 0) is 20.9 Å². The molecule has 0 bridgehead atoms. The number of piperidine rings is 1. The molecule has 1 spiro atoms. The van der Waals surface area contributed by atoms with Crippen molar-refractivity contribution in [1.82, 2.24) is 4.90 Å². The number of benzene rings is 2. The van der Waals surface area contributed by atoms with E-state index in [0.29, 0.717) is 25.1 Å². The minimum Gasteiger partial charge on any atom is -0.462 e. The van der Waals surface area contributed by atoms with Gasteiger partial charge in [-0.1, -0.05) is 36.4 Å². The highest BCUT2D eigenvalue weighted by Crippen LogP contribution is 2.45. The molecular weight excluding hydrogens is 409 g/mol. The van der Waals surface area contributed by atoms with Gasteiger partial charge in [-0.15, -0.1) is 0 Å². The minimum atomic E-state index is -0.903. The minimum absolute atomic E-state index is 0.0768. The third kappa shape index (κ3) is 3.77. The maximum Gasteiger partial charge on any atom is 0.345 e. The molecule has 1 saturated heterocycles. The molecule has 2 aliphatic rings. The number of esters is 1. The number of hydrogen-bond acceptors (Lipinski definition) is 5. The molecule has 2 aromatic carbocycles. The van der Waals surface area contributed by atoms with E-state index in [-0.39, 0.29) is 23.9 Å². The van der Waals surface area contributed by atoms with Crippen LogP contribution in [0.25, 0.3) is 0 Å². The zero-order valence-corrected chi connectivity index (χ0v) is 18.4. The number of hydrogen-bond donors (Lipinski definition) is 1. The predicted octanol–water partition coefficient (Wildman–Crippen LogP) is 3.37. The molecular formula is C25H28FN3O3. The maximum atomic E-state index is 14.1. The molecule has 2 aromatic rings. The SMILES string of the molecule is CCOC(=O)C1=C(N)[C@]2(CCN(Cc3ccccc3)[C@@H](C)C2)N(c2cccc(F)c2)C1=O. The summed E-state index contributed by atoms with van der Waals surface area (Å²) in [5, 5.41) is 0. The van der Waals surface area contributed by atoms with Gasteiger partial charge in [0.1, 0.15) is 11.4 Å². The summed E-state index contributed by atoms with van der Waals surface area (Å²) in [6.45, 7) is 5.36. The average Bonchev–Trinajstić information content (AvgIpc) is 2.97. The van der Waals surface area contributed by atoms with E-state index < -0.39 is 23.2 Å². The Hall–Kier alpha value is -3.19. The van der Waals surface area contributed by atoms with Crippen LogP contribution in [-0.4, -0.2) is 41.5 Å². The lowest BCUT2D eigenvalue weighted by Gasteiger charge is -2.48. The Morgan fingerprint density at radius 2 is 1.97 bits per heavy atom. The first-order valence-electron chi connectivity index (χ1n) is 10.9. The van der Waals surface area contributed by atoms with Crippen LogP contribution in [0.5, 0.6) is 0 Å². The molecule has 0 radical (unpaired) electrons. The second kappa shape index (κ2) is 8.74. The quantitative estimate of drug-likeness (QED) is 0.573. The molecule has 7 heteroatoms. The van der Waals surface area contributed by atoms with Crippen LogP contribution in [0.1, 0.15) is 32.3 Å². The molecule has 32 heavy (non-hydrogen) atoms. The zero-order chi connectivity index (χ0) is 22.9. The van der Waals surface area contributed by atoms with Crippen LogP contribution in [0.3, 0.4) is 0 Å². The molecule has 6 nitrogen and oxygen atoms in total. The summed E-state index contributed by atoms with van der Waals surface area (Å²) in [5.41, 5.74) is 7.31. The molecule has 1 fully saturated rings. The molecule has 2 aliphatic heterocycles. The summed E-state index contributed by atoms with van der Waals surface area (Å²) < 4.78 is 19.2. The maximum absolute atomic E-state index is 14.1. The molecule has 2 atom stereocenters. The van der Waals surface area contributed by atoms with Crippen molar-refractivity contribution in [3.63, 3.8) is 0 Å². The van der Waals surface area contributed by atoms with Crippen LogP contribution >= 0.6 is 0 Å². The monoisotopic (exact) mass is 437 g/mol. The van der Waals surface area contributed by atoms with Gasteiger partial charge in [-0.05, 0) is 50.5 Å². The number of nitrogens with two attached hydrogens (primary N) is 1. The summed E-state index contributed by atoms with van der Waals surface area (Å²) in [7, 11) is 0. The largest absolute Gasteiger partial charge is 0.462 e. The van der Waals surface area contributed by atoms with Crippen LogP contribution in [0.15, 0.2) is 65.9 Å². The van der Waals surface area contributed by atoms with Gasteiger partial charge in [0, 0.05) is 24.8 Å². The van der Waals surface area contributed by atoms with E-state index in [0.717, 1.165) is 6.54 Å². The van der Waals surface area contributed by atoms with Crippen molar-refractivity contribution in [3.8, 4) is 0 Å². The fourth-order valence-electron chi connectivity index (χ4n) is 4.92. The second-order valence-electron chi connectivity index (χ2n) is 8.42. The van der Waals surface area contributed by atoms with Crippen molar-refractivity contribution < 1.29 is 18.7 Å². The highest BCUT2D eigenvalue weighted by atomic mass is 19.1. The first-order chi connectivity index (χ1) is 15.4. The van der Waals surface area contributed by atoms with Crippen molar-refractivity contribution in [1.29, 1.82) is 0 Å². The van der Waals surface area contributed by atoms with Gasteiger partial charge in [-0.3, -0.25) is 14.6 Å². The Bertz CT molecular complexity index is 1060. The van der Waals surface area contributed by atoms with E-state index >= 15 is 0 Å². The van der Waals surface area contributed by atoms with Gasteiger partial charge in [0.2, 0.25) is 0 Å². The Morgan fingerprint density at radius 3 is 2.62 bits per heavy atom. The standard InChI is InChI=1S/C25H28FN3O3/c1-3-32-24(31)21-22(27)25(29(23(21)30)20-11-7-10-19(26)14-20)12-13-28(17(2)15-25)16-18-8-5-4-6-9-18/h4-11,14,17H,3,12-13,15-16,27H2,1-2H3/t17-,25+/m0/s1. The molecule has 0 saturated carbocycles. The Labute approximate surface area is 187 Å². The molecule has 2 heterocycles. The summed E-state index contributed by atoms with van der Waals surface area (Å²) >= 11 is 0. The van der Waals surface area contributed by atoms with Gasteiger partial charge < -0.3 is 10.5 Å². The van der Waals surface area contributed by atoms with E-state index in [2.05, 4.69) is 24.0 Å². The fourth-order valence-corrected chi connectivity index (χ4v) is 4.92. The normalized spacial score (nSPS) is 23.8. The average molecular weight is 438 g/mol. The molecule has 4 rings (SSSR count). The summed E-state index contributed by atoms with van der Waals surface area (Å²) in [6.07, 6.45) is 1.05. The van der Waals surface area contributed by atoms with E-state index in [1.807, 2.05) is 18.2 Å². The van der Waals surface area contributed by atoms with Gasteiger partial charge >= 0.3 is 5.97 Å². The van der Waals surface area contributed by atoms with Gasteiger partial charge in [-0.2, -0.15) is 0 Å². The third-order valence-electron chi connectivity index (χ3n) is 6.46. The van der Waals surface area contributed by atoms with Crippen molar-refractivity contribution in [2.45, 2.75) is 44.8 Å². The zero-order valence-electron chi connectivity index (χ0n) is 18.4. The van der Waals surface area contributed by atoms with Gasteiger partial charge in [0.05, 0.1) is 17.8 Å². The Balaban J connectivity index is 1.71. The lowest BCUT2D eigenvalue weighted by Crippen LogP contribution is -2.59. The molecule has 168 valence electrons. The van der Waals surface area contributed by atoms with E-state index in [1.165, 1.54) is 22.6 Å². The number of halogens is 1. The predicted molar refractivity (Wildman–Crippen MR) is 120 cm³/mol. The molecule has 2 N–H and O–H groups in total. The number of anilines is 1. The topological polar surface area (TPSA) is 75.9 Å². The molecule has 0 unspecified atom stereocenters. The second-order valence-corrected chi connectivity index (χ2v) is 8.42. The first kappa shape index (κ1) is 22.0. The van der Waals surface area contributed by atoms with E-state index in [9.17, 15) is 14.0 Å². The fraction of sp³-hybridized carbons (Fsp3) is 0.360.